The Morgan fingerprint density at radius 2 is 1.83 bits per heavy atom. The van der Waals surface area contributed by atoms with E-state index in [9.17, 15) is 17.6 Å². The molecule has 0 fully saturated rings. The predicted molar refractivity (Wildman–Crippen MR) is 138 cm³/mol. The molecular formula is C25H22Cl2FN3O4S. The number of carbonyl (C=O) groups excluding carboxylic acids is 1. The van der Waals surface area contributed by atoms with Gasteiger partial charge in [-0.2, -0.15) is 9.41 Å². The Bertz CT molecular complexity index is 1350. The van der Waals surface area contributed by atoms with Crippen LogP contribution < -0.4 is 10.2 Å². The maximum Gasteiger partial charge on any atom is 0.255 e. The van der Waals surface area contributed by atoms with Gasteiger partial charge in [0.1, 0.15) is 18.2 Å². The molecule has 1 amide bonds. The van der Waals surface area contributed by atoms with Crippen molar-refractivity contribution in [2.24, 2.45) is 5.10 Å². The van der Waals surface area contributed by atoms with Gasteiger partial charge in [0.2, 0.25) is 10.0 Å². The van der Waals surface area contributed by atoms with Gasteiger partial charge in [0, 0.05) is 22.2 Å². The molecule has 3 rings (SSSR count). The van der Waals surface area contributed by atoms with Crippen LogP contribution in [0.5, 0.6) is 5.75 Å². The van der Waals surface area contributed by atoms with Crippen molar-refractivity contribution in [3.05, 3.63) is 106 Å². The summed E-state index contributed by atoms with van der Waals surface area (Å²) in [5.41, 5.74) is 2.87. The first kappa shape index (κ1) is 27.3. The van der Waals surface area contributed by atoms with Crippen LogP contribution in [-0.4, -0.2) is 38.0 Å². The number of carbonyl (C=O) groups is 1. The maximum absolute atomic E-state index is 14.4. The number of sulfonamides is 1. The quantitative estimate of drug-likeness (QED) is 0.206. The average Bonchev–Trinajstić information content (AvgIpc) is 2.85. The molecule has 0 saturated carbocycles. The molecule has 0 aliphatic rings. The molecule has 3 aromatic carbocycles. The first-order valence-electron chi connectivity index (χ1n) is 10.5. The molecular weight excluding hydrogens is 528 g/mol. The monoisotopic (exact) mass is 549 g/mol. The molecule has 0 heterocycles. The molecule has 0 atom stereocenters. The Hall–Kier alpha value is -3.24. The Labute approximate surface area is 218 Å². The smallest absolute Gasteiger partial charge is 0.255 e. The van der Waals surface area contributed by atoms with Crippen LogP contribution in [0.1, 0.15) is 11.1 Å². The third-order valence-corrected chi connectivity index (χ3v) is 7.21. The van der Waals surface area contributed by atoms with Gasteiger partial charge in [-0.05, 0) is 54.1 Å². The zero-order valence-corrected chi connectivity index (χ0v) is 21.2. The first-order chi connectivity index (χ1) is 17.2. The number of ether oxygens (including phenoxy) is 1. The van der Waals surface area contributed by atoms with Crippen molar-refractivity contribution in [1.29, 1.82) is 0 Å². The fourth-order valence-electron chi connectivity index (χ4n) is 3.06. The summed E-state index contributed by atoms with van der Waals surface area (Å²) in [6.07, 6.45) is 2.99. The minimum atomic E-state index is -4.22. The summed E-state index contributed by atoms with van der Waals surface area (Å²) >= 11 is 12.0. The van der Waals surface area contributed by atoms with Crippen molar-refractivity contribution in [2.75, 3.05) is 13.2 Å². The molecule has 0 aromatic heterocycles. The Kier molecular flexibility index (Phi) is 9.60. The summed E-state index contributed by atoms with van der Waals surface area (Å²) in [6.45, 7) is 2.80. The van der Waals surface area contributed by atoms with E-state index in [2.05, 4.69) is 17.1 Å². The van der Waals surface area contributed by atoms with E-state index < -0.39 is 34.8 Å². The van der Waals surface area contributed by atoms with Gasteiger partial charge < -0.3 is 4.74 Å². The van der Waals surface area contributed by atoms with Gasteiger partial charge in [-0.3, -0.25) is 4.79 Å². The van der Waals surface area contributed by atoms with Gasteiger partial charge in [0.05, 0.1) is 17.7 Å². The zero-order valence-electron chi connectivity index (χ0n) is 18.9. The minimum absolute atomic E-state index is 0.0308. The SMILES string of the molecule is C=CCOc1cccc(/C=N\NC(=O)CN(Cc2c(F)cccc2Cl)S(=O)(=O)c2ccc(Cl)cc2)c1. The number of benzene rings is 3. The standard InChI is InChI=1S/C25H22Cl2FN3O4S/c1-2-13-35-20-6-3-5-18(14-20)15-29-30-25(32)17-31(16-22-23(27)7-4-8-24(22)28)36(33,34)21-11-9-19(26)10-12-21/h2-12,14-15H,1,13,16-17H2,(H,30,32)/b29-15-. The van der Waals surface area contributed by atoms with Crippen LogP contribution in [0.3, 0.4) is 0 Å². The van der Waals surface area contributed by atoms with E-state index in [-0.39, 0.29) is 15.5 Å². The van der Waals surface area contributed by atoms with Gasteiger partial charge in [0.15, 0.2) is 0 Å². The van der Waals surface area contributed by atoms with Crippen molar-refractivity contribution in [3.8, 4) is 5.75 Å². The zero-order chi connectivity index (χ0) is 26.1. The lowest BCUT2D eigenvalue weighted by molar-refractivity contribution is -0.121. The van der Waals surface area contributed by atoms with Crippen LogP contribution >= 0.6 is 23.2 Å². The fraction of sp³-hybridized carbons (Fsp3) is 0.120. The highest BCUT2D eigenvalue weighted by atomic mass is 35.5. The summed E-state index contributed by atoms with van der Waals surface area (Å²) in [5, 5.41) is 4.25. The van der Waals surface area contributed by atoms with E-state index >= 15 is 0 Å². The van der Waals surface area contributed by atoms with E-state index in [1.54, 1.807) is 30.3 Å². The van der Waals surface area contributed by atoms with Crippen molar-refractivity contribution >= 4 is 45.3 Å². The lowest BCUT2D eigenvalue weighted by Gasteiger charge is -2.22. The molecule has 7 nitrogen and oxygen atoms in total. The van der Waals surface area contributed by atoms with Crippen molar-refractivity contribution in [3.63, 3.8) is 0 Å². The highest BCUT2D eigenvalue weighted by Gasteiger charge is 2.28. The van der Waals surface area contributed by atoms with E-state index in [1.807, 2.05) is 0 Å². The minimum Gasteiger partial charge on any atom is -0.490 e. The molecule has 0 aliphatic heterocycles. The van der Waals surface area contributed by atoms with Crippen LogP contribution in [-0.2, 0) is 21.4 Å². The normalized spacial score (nSPS) is 11.6. The molecule has 0 radical (unpaired) electrons. The number of hydrazone groups is 1. The molecule has 11 heteroatoms. The second kappa shape index (κ2) is 12.6. The van der Waals surface area contributed by atoms with Crippen molar-refractivity contribution in [2.45, 2.75) is 11.4 Å². The predicted octanol–water partition coefficient (Wildman–Crippen LogP) is 5.04. The van der Waals surface area contributed by atoms with E-state index in [0.29, 0.717) is 22.9 Å². The number of nitrogens with one attached hydrogen (secondary N) is 1. The largest absolute Gasteiger partial charge is 0.490 e. The second-order valence-corrected chi connectivity index (χ2v) is 10.2. The topological polar surface area (TPSA) is 88.1 Å². The third kappa shape index (κ3) is 7.38. The number of hydrogen-bond donors (Lipinski definition) is 1. The van der Waals surface area contributed by atoms with E-state index in [0.717, 1.165) is 10.4 Å². The van der Waals surface area contributed by atoms with Gasteiger partial charge in [-0.15, -0.1) is 0 Å². The number of halogens is 3. The summed E-state index contributed by atoms with van der Waals surface area (Å²) < 4.78 is 47.3. The number of amides is 1. The first-order valence-corrected chi connectivity index (χ1v) is 12.7. The lowest BCUT2D eigenvalue weighted by Crippen LogP contribution is -2.39. The van der Waals surface area contributed by atoms with Crippen LogP contribution in [0.15, 0.2) is 89.4 Å². The molecule has 0 spiro atoms. The van der Waals surface area contributed by atoms with Crippen LogP contribution in [0.4, 0.5) is 4.39 Å². The van der Waals surface area contributed by atoms with Gasteiger partial charge in [0.25, 0.3) is 5.91 Å². The molecule has 0 saturated heterocycles. The molecule has 0 unspecified atom stereocenters. The average molecular weight is 550 g/mol. The maximum atomic E-state index is 14.4. The Morgan fingerprint density at radius 3 is 2.53 bits per heavy atom. The molecule has 188 valence electrons. The Morgan fingerprint density at radius 1 is 1.11 bits per heavy atom. The highest BCUT2D eigenvalue weighted by molar-refractivity contribution is 7.89. The van der Waals surface area contributed by atoms with Crippen LogP contribution in [0.2, 0.25) is 10.0 Å². The summed E-state index contributed by atoms with van der Waals surface area (Å²) in [4.78, 5) is 12.5. The van der Waals surface area contributed by atoms with Crippen molar-refractivity contribution < 1.29 is 22.3 Å². The lowest BCUT2D eigenvalue weighted by atomic mass is 10.2. The van der Waals surface area contributed by atoms with Crippen LogP contribution in [0.25, 0.3) is 0 Å². The van der Waals surface area contributed by atoms with Gasteiger partial charge in [-0.1, -0.05) is 54.1 Å². The number of hydrogen-bond acceptors (Lipinski definition) is 5. The summed E-state index contributed by atoms with van der Waals surface area (Å²) in [7, 11) is -4.22. The summed E-state index contributed by atoms with van der Waals surface area (Å²) in [6, 6.07) is 16.3. The molecule has 36 heavy (non-hydrogen) atoms. The molecule has 1 N–H and O–H groups in total. The summed E-state index contributed by atoms with van der Waals surface area (Å²) in [5.74, 6) is -0.849. The van der Waals surface area contributed by atoms with Gasteiger partial charge >= 0.3 is 0 Å². The van der Waals surface area contributed by atoms with Crippen LogP contribution in [0, 0.1) is 5.82 Å². The highest BCUT2D eigenvalue weighted by Crippen LogP contribution is 2.25. The number of nitrogens with zero attached hydrogens (tertiary/aromatic N) is 2. The molecule has 0 bridgehead atoms. The van der Waals surface area contributed by atoms with E-state index in [4.69, 9.17) is 27.9 Å². The Balaban J connectivity index is 1.79. The molecule has 3 aromatic rings. The second-order valence-electron chi connectivity index (χ2n) is 7.39. The van der Waals surface area contributed by atoms with E-state index in [1.165, 1.54) is 42.6 Å². The van der Waals surface area contributed by atoms with Gasteiger partial charge in [-0.25, -0.2) is 18.2 Å². The fourth-order valence-corrected chi connectivity index (χ4v) is 4.77. The van der Waals surface area contributed by atoms with Crippen molar-refractivity contribution in [1.82, 2.24) is 9.73 Å². The molecule has 0 aliphatic carbocycles. The number of rotatable bonds is 11. The third-order valence-electron chi connectivity index (χ3n) is 4.80.